The van der Waals surface area contributed by atoms with Gasteiger partial charge in [-0.25, -0.2) is 0 Å². The Kier molecular flexibility index (Phi) is 6.48. The Hall–Kier alpha value is -2.66. The summed E-state index contributed by atoms with van der Waals surface area (Å²) in [7, 11) is 0. The van der Waals surface area contributed by atoms with Gasteiger partial charge >= 0.3 is 0 Å². The molecule has 2 aromatic carbocycles. The first-order valence-electron chi connectivity index (χ1n) is 11.1. The first kappa shape index (κ1) is 20.6. The fourth-order valence-electron chi connectivity index (χ4n) is 4.51. The second kappa shape index (κ2) is 9.43. The summed E-state index contributed by atoms with van der Waals surface area (Å²) in [6, 6.07) is 15.1. The highest BCUT2D eigenvalue weighted by molar-refractivity contribution is 6.09. The third-order valence-corrected chi connectivity index (χ3v) is 6.16. The molecular weight excluding hydrogens is 374 g/mol. The highest BCUT2D eigenvalue weighted by Crippen LogP contribution is 2.22. The molecule has 1 unspecified atom stereocenters. The van der Waals surface area contributed by atoms with E-state index in [0.29, 0.717) is 16.8 Å². The van der Waals surface area contributed by atoms with Crippen molar-refractivity contribution in [1.82, 2.24) is 9.80 Å². The minimum absolute atomic E-state index is 0.00509. The van der Waals surface area contributed by atoms with E-state index in [0.717, 1.165) is 51.5 Å². The molecule has 5 heteroatoms. The van der Waals surface area contributed by atoms with Crippen LogP contribution < -0.4 is 5.32 Å². The van der Waals surface area contributed by atoms with E-state index in [-0.39, 0.29) is 11.8 Å². The quantitative estimate of drug-likeness (QED) is 0.802. The molecule has 0 spiro atoms. The summed E-state index contributed by atoms with van der Waals surface area (Å²) in [5, 5.41) is 2.94. The zero-order chi connectivity index (χ0) is 20.9. The maximum atomic E-state index is 12.8. The zero-order valence-electron chi connectivity index (χ0n) is 17.8. The highest BCUT2D eigenvalue weighted by Gasteiger charge is 2.22. The number of piperidine rings is 1. The first-order valence-corrected chi connectivity index (χ1v) is 11.1. The van der Waals surface area contributed by atoms with Crippen molar-refractivity contribution in [2.75, 3.05) is 31.5 Å². The number of anilines is 1. The lowest BCUT2D eigenvalue weighted by molar-refractivity contribution is 0.0794. The molecule has 5 nitrogen and oxygen atoms in total. The normalized spacial score (nSPS) is 19.6. The number of likely N-dealkylation sites (tertiary alicyclic amines) is 2. The van der Waals surface area contributed by atoms with Gasteiger partial charge in [-0.15, -0.1) is 0 Å². The van der Waals surface area contributed by atoms with E-state index in [9.17, 15) is 9.59 Å². The van der Waals surface area contributed by atoms with E-state index in [1.54, 1.807) is 12.1 Å². The fraction of sp³-hybridized carbons (Fsp3) is 0.440. The van der Waals surface area contributed by atoms with Crippen molar-refractivity contribution in [1.29, 1.82) is 0 Å². The van der Waals surface area contributed by atoms with E-state index >= 15 is 0 Å². The molecule has 2 aromatic rings. The highest BCUT2D eigenvalue weighted by atomic mass is 16.2. The lowest BCUT2D eigenvalue weighted by atomic mass is 9.99. The van der Waals surface area contributed by atoms with E-state index in [1.165, 1.54) is 18.4 Å². The number of amides is 2. The van der Waals surface area contributed by atoms with Gasteiger partial charge < -0.3 is 10.2 Å². The van der Waals surface area contributed by atoms with Crippen molar-refractivity contribution in [3.63, 3.8) is 0 Å². The summed E-state index contributed by atoms with van der Waals surface area (Å²) < 4.78 is 0. The van der Waals surface area contributed by atoms with E-state index in [2.05, 4.69) is 17.1 Å². The largest absolute Gasteiger partial charge is 0.339 e. The van der Waals surface area contributed by atoms with Gasteiger partial charge in [-0.05, 0) is 68.0 Å². The number of nitrogens with one attached hydrogen (secondary N) is 1. The molecule has 1 atom stereocenters. The lowest BCUT2D eigenvalue weighted by Gasteiger charge is -2.30. The molecule has 0 radical (unpaired) electrons. The lowest BCUT2D eigenvalue weighted by Crippen LogP contribution is -2.33. The number of carbonyl (C=O) groups is 2. The molecule has 0 saturated carbocycles. The van der Waals surface area contributed by atoms with Gasteiger partial charge in [0, 0.05) is 31.7 Å². The van der Waals surface area contributed by atoms with Crippen LogP contribution in [0.3, 0.4) is 0 Å². The zero-order valence-corrected chi connectivity index (χ0v) is 17.8. The Morgan fingerprint density at radius 3 is 2.43 bits per heavy atom. The Morgan fingerprint density at radius 1 is 0.967 bits per heavy atom. The second-order valence-electron chi connectivity index (χ2n) is 8.68. The average Bonchev–Trinajstić information content (AvgIpc) is 3.29. The molecule has 0 bridgehead atoms. The molecule has 2 saturated heterocycles. The third kappa shape index (κ3) is 4.90. The van der Waals surface area contributed by atoms with Gasteiger partial charge in [0.25, 0.3) is 11.8 Å². The first-order chi connectivity index (χ1) is 14.6. The SMILES string of the molecule is CC1CCCN(Cc2ccc(C(=O)Nc3ccccc3C(=O)N3CCCC3)cc2)C1. The van der Waals surface area contributed by atoms with Gasteiger partial charge in [-0.3, -0.25) is 14.5 Å². The van der Waals surface area contributed by atoms with Gasteiger partial charge in [-0.2, -0.15) is 0 Å². The number of para-hydroxylation sites is 1. The van der Waals surface area contributed by atoms with Crippen molar-refractivity contribution < 1.29 is 9.59 Å². The van der Waals surface area contributed by atoms with E-state index < -0.39 is 0 Å². The van der Waals surface area contributed by atoms with Crippen molar-refractivity contribution in [2.45, 2.75) is 39.2 Å². The van der Waals surface area contributed by atoms with E-state index in [1.807, 2.05) is 41.3 Å². The molecule has 2 fully saturated rings. The topological polar surface area (TPSA) is 52.7 Å². The molecular formula is C25H31N3O2. The van der Waals surface area contributed by atoms with Crippen molar-refractivity contribution >= 4 is 17.5 Å². The molecule has 1 N–H and O–H groups in total. The molecule has 30 heavy (non-hydrogen) atoms. The minimum Gasteiger partial charge on any atom is -0.339 e. The third-order valence-electron chi connectivity index (χ3n) is 6.16. The predicted molar refractivity (Wildman–Crippen MR) is 120 cm³/mol. The van der Waals surface area contributed by atoms with Crippen LogP contribution in [0.5, 0.6) is 0 Å². The van der Waals surface area contributed by atoms with Crippen LogP contribution in [-0.2, 0) is 6.54 Å². The van der Waals surface area contributed by atoms with Crippen LogP contribution in [0.25, 0.3) is 0 Å². The second-order valence-corrected chi connectivity index (χ2v) is 8.68. The Labute approximate surface area is 179 Å². The van der Waals surface area contributed by atoms with Crippen LogP contribution in [-0.4, -0.2) is 47.8 Å². The van der Waals surface area contributed by atoms with Gasteiger partial charge in [0.05, 0.1) is 11.3 Å². The maximum Gasteiger partial charge on any atom is 0.255 e. The standard InChI is InChI=1S/C25H31N3O2/c1-19-7-6-14-27(17-19)18-20-10-12-21(13-11-20)24(29)26-23-9-3-2-8-22(23)25(30)28-15-4-5-16-28/h2-3,8-13,19H,4-7,14-18H2,1H3,(H,26,29). The van der Waals surface area contributed by atoms with Crippen LogP contribution >= 0.6 is 0 Å². The van der Waals surface area contributed by atoms with Crippen LogP contribution in [0.2, 0.25) is 0 Å². The van der Waals surface area contributed by atoms with Crippen LogP contribution in [0, 0.1) is 5.92 Å². The summed E-state index contributed by atoms with van der Waals surface area (Å²) in [4.78, 5) is 30.0. The maximum absolute atomic E-state index is 12.8. The van der Waals surface area contributed by atoms with Gasteiger partial charge in [0.1, 0.15) is 0 Å². The summed E-state index contributed by atoms with van der Waals surface area (Å²) >= 11 is 0. The molecule has 2 aliphatic heterocycles. The van der Waals surface area contributed by atoms with Gasteiger partial charge in [0.15, 0.2) is 0 Å². The number of hydrogen-bond donors (Lipinski definition) is 1. The molecule has 2 aliphatic rings. The number of rotatable bonds is 5. The summed E-state index contributed by atoms with van der Waals surface area (Å²) in [5.74, 6) is 0.566. The molecule has 0 aromatic heterocycles. The monoisotopic (exact) mass is 405 g/mol. The summed E-state index contributed by atoms with van der Waals surface area (Å²) in [6.45, 7) is 7.11. The predicted octanol–water partition coefficient (Wildman–Crippen LogP) is 4.41. The molecule has 4 rings (SSSR count). The molecule has 0 aliphatic carbocycles. The van der Waals surface area contributed by atoms with E-state index in [4.69, 9.17) is 0 Å². The Morgan fingerprint density at radius 2 is 1.70 bits per heavy atom. The fourth-order valence-corrected chi connectivity index (χ4v) is 4.51. The molecule has 2 heterocycles. The van der Waals surface area contributed by atoms with Gasteiger partial charge in [0.2, 0.25) is 0 Å². The number of nitrogens with zero attached hydrogens (tertiary/aromatic N) is 2. The number of carbonyl (C=O) groups excluding carboxylic acids is 2. The minimum atomic E-state index is -0.185. The smallest absolute Gasteiger partial charge is 0.255 e. The van der Waals surface area contributed by atoms with Crippen molar-refractivity contribution in [3.05, 3.63) is 65.2 Å². The van der Waals surface area contributed by atoms with Crippen LogP contribution in [0.4, 0.5) is 5.69 Å². The van der Waals surface area contributed by atoms with Gasteiger partial charge in [-0.1, -0.05) is 31.2 Å². The van der Waals surface area contributed by atoms with Crippen LogP contribution in [0.1, 0.15) is 58.9 Å². The summed E-state index contributed by atoms with van der Waals surface area (Å²) in [5.41, 5.74) is 2.97. The summed E-state index contributed by atoms with van der Waals surface area (Å²) in [6.07, 6.45) is 4.67. The number of benzene rings is 2. The van der Waals surface area contributed by atoms with Crippen molar-refractivity contribution in [2.24, 2.45) is 5.92 Å². The Balaban J connectivity index is 1.41. The molecule has 158 valence electrons. The van der Waals surface area contributed by atoms with Crippen LogP contribution in [0.15, 0.2) is 48.5 Å². The number of hydrogen-bond acceptors (Lipinski definition) is 3. The molecule has 2 amide bonds. The Bertz CT molecular complexity index is 888. The average molecular weight is 406 g/mol. The van der Waals surface area contributed by atoms with Crippen molar-refractivity contribution in [3.8, 4) is 0 Å².